The molecule has 1 rings (SSSR count). The molecule has 1 aromatic rings. The Balaban J connectivity index is 2.76. The minimum absolute atomic E-state index is 0.306. The second-order valence-electron chi connectivity index (χ2n) is 4.44. The molecule has 0 saturated carbocycles. The Morgan fingerprint density at radius 2 is 1.75 bits per heavy atom. The lowest BCUT2D eigenvalue weighted by Gasteiger charge is -2.23. The predicted octanol–water partition coefficient (Wildman–Crippen LogP) is 1.96. The molecule has 0 unspecified atom stereocenters. The molecule has 5 nitrogen and oxygen atoms in total. The van der Waals surface area contributed by atoms with Crippen molar-refractivity contribution >= 4 is 10.2 Å². The highest BCUT2D eigenvalue weighted by molar-refractivity contribution is 6.13. The van der Waals surface area contributed by atoms with Crippen LogP contribution in [-0.2, 0) is 22.4 Å². The van der Waals surface area contributed by atoms with Gasteiger partial charge in [-0.05, 0) is 25.8 Å². The number of hydrogen-bond donors (Lipinski definition) is 1. The maximum atomic E-state index is 10.1. The average Bonchev–Trinajstić information content (AvgIpc) is 2.41. The Morgan fingerprint density at radius 3 is 2.30 bits per heavy atom. The van der Waals surface area contributed by atoms with Gasteiger partial charge in [-0.15, -0.1) is 5.11 Å². The van der Waals surface area contributed by atoms with Crippen LogP contribution in [0, 0.1) is 0 Å². The number of phenolic OH excluding ortho intramolecular Hbond substituents is 1. The van der Waals surface area contributed by atoms with Crippen molar-refractivity contribution in [3.63, 3.8) is 0 Å². The zero-order chi connectivity index (χ0) is 15.0. The van der Waals surface area contributed by atoms with E-state index < -0.39 is 5.53 Å². The van der Waals surface area contributed by atoms with Gasteiger partial charge in [-0.25, -0.2) is 0 Å². The summed E-state index contributed by atoms with van der Waals surface area (Å²) in [7, 11) is 0.594. The van der Waals surface area contributed by atoms with Gasteiger partial charge in [-0.2, -0.15) is 5.11 Å². The third kappa shape index (κ3) is 4.70. The van der Waals surface area contributed by atoms with Gasteiger partial charge in [0, 0.05) is 18.8 Å². The van der Waals surface area contributed by atoms with Crippen LogP contribution in [0.25, 0.3) is 0 Å². The van der Waals surface area contributed by atoms with Crippen LogP contribution in [0.15, 0.2) is 28.4 Å². The Kier molecular flexibility index (Phi) is 6.84. The second-order valence-corrected chi connectivity index (χ2v) is 5.71. The molecule has 0 aliphatic heterocycles. The lowest BCUT2D eigenvalue weighted by molar-refractivity contribution is -0.171. The van der Waals surface area contributed by atoms with Crippen molar-refractivity contribution < 1.29 is 14.6 Å². The molecule has 0 radical (unpaired) electrons. The van der Waals surface area contributed by atoms with Crippen molar-refractivity contribution in [1.82, 2.24) is 0 Å². The van der Waals surface area contributed by atoms with E-state index in [1.165, 1.54) is 0 Å². The zero-order valence-corrected chi connectivity index (χ0v) is 14.7. The summed E-state index contributed by atoms with van der Waals surface area (Å²) < 4.78 is 11.0. The van der Waals surface area contributed by atoms with Gasteiger partial charge < -0.3 is 14.6 Å². The third-order valence-electron chi connectivity index (χ3n) is 2.90. The number of para-hydroxylation sites is 1. The highest BCUT2D eigenvalue weighted by atomic mass is 28.1. The van der Waals surface area contributed by atoms with E-state index in [0.717, 1.165) is 17.5 Å². The normalized spacial score (nSPS) is 12.3. The highest BCUT2D eigenvalue weighted by Gasteiger charge is 2.23. The number of azo groups is 1. The quantitative estimate of drug-likeness (QED) is 0.453. The standard InChI is InChI=1S/C14H24N2O3Si/c1-4-11-8-7-9-12(13(11)17)10-15-16-14(20,18-5-2)19-6-3/h7-9,17H,4-6,10H2,1-3,20H3/b16-15+. The first-order valence-corrected chi connectivity index (χ1v) is 8.02. The molecule has 6 heteroatoms. The van der Waals surface area contributed by atoms with E-state index in [1.54, 1.807) is 0 Å². The van der Waals surface area contributed by atoms with Crippen LogP contribution in [0.1, 0.15) is 31.9 Å². The van der Waals surface area contributed by atoms with Crippen molar-refractivity contribution in [1.29, 1.82) is 0 Å². The number of phenols is 1. The fourth-order valence-electron chi connectivity index (χ4n) is 1.93. The Labute approximate surface area is 123 Å². The van der Waals surface area contributed by atoms with Crippen LogP contribution in [0.2, 0.25) is 0 Å². The van der Waals surface area contributed by atoms with Crippen LogP contribution in [0.4, 0.5) is 0 Å². The fourth-order valence-corrected chi connectivity index (χ4v) is 2.65. The summed E-state index contributed by atoms with van der Waals surface area (Å²) in [6.45, 7) is 7.19. The Bertz CT molecular complexity index is 446. The monoisotopic (exact) mass is 296 g/mol. The van der Waals surface area contributed by atoms with Crippen LogP contribution < -0.4 is 0 Å². The van der Waals surface area contributed by atoms with E-state index in [2.05, 4.69) is 10.2 Å². The van der Waals surface area contributed by atoms with E-state index in [-0.39, 0.29) is 0 Å². The Morgan fingerprint density at radius 1 is 1.15 bits per heavy atom. The van der Waals surface area contributed by atoms with Gasteiger partial charge in [0.15, 0.2) is 0 Å². The van der Waals surface area contributed by atoms with Crippen molar-refractivity contribution in [2.45, 2.75) is 39.3 Å². The second kappa shape index (κ2) is 8.14. The summed E-state index contributed by atoms with van der Waals surface area (Å²) in [6.07, 6.45) is 0.791. The summed E-state index contributed by atoms with van der Waals surface area (Å²) in [4.78, 5) is 0. The molecular weight excluding hydrogens is 272 g/mol. The van der Waals surface area contributed by atoms with Gasteiger partial charge in [-0.3, -0.25) is 0 Å². The summed E-state index contributed by atoms with van der Waals surface area (Å²) in [5.41, 5.74) is 0.774. The smallest absolute Gasteiger partial charge is 0.252 e. The maximum absolute atomic E-state index is 10.1. The van der Waals surface area contributed by atoms with Crippen LogP contribution in [0.3, 0.4) is 0 Å². The lowest BCUT2D eigenvalue weighted by atomic mass is 10.1. The van der Waals surface area contributed by atoms with Crippen LogP contribution in [-0.4, -0.2) is 34.1 Å². The molecule has 0 aliphatic carbocycles. The number of aryl methyl sites for hydroxylation is 1. The fraction of sp³-hybridized carbons (Fsp3) is 0.571. The molecule has 1 N–H and O–H groups in total. The maximum Gasteiger partial charge on any atom is 0.252 e. The molecule has 0 atom stereocenters. The molecule has 0 aromatic heterocycles. The number of aromatic hydroxyl groups is 1. The van der Waals surface area contributed by atoms with Crippen LogP contribution >= 0.6 is 0 Å². The van der Waals surface area contributed by atoms with Gasteiger partial charge in [0.2, 0.25) is 0 Å². The minimum atomic E-state index is -0.915. The molecule has 0 fully saturated rings. The van der Waals surface area contributed by atoms with E-state index in [9.17, 15) is 5.11 Å². The number of hydrogen-bond acceptors (Lipinski definition) is 5. The van der Waals surface area contributed by atoms with Crippen molar-refractivity contribution in [2.75, 3.05) is 13.2 Å². The molecule has 0 aliphatic rings. The summed E-state index contributed by atoms with van der Waals surface area (Å²) in [6, 6.07) is 5.68. The molecular formula is C14H24N2O3Si. The van der Waals surface area contributed by atoms with Crippen molar-refractivity contribution in [3.05, 3.63) is 29.3 Å². The third-order valence-corrected chi connectivity index (χ3v) is 3.68. The zero-order valence-electron chi connectivity index (χ0n) is 12.7. The van der Waals surface area contributed by atoms with E-state index >= 15 is 0 Å². The number of rotatable bonds is 8. The van der Waals surface area contributed by atoms with E-state index in [4.69, 9.17) is 9.47 Å². The first-order chi connectivity index (χ1) is 9.56. The van der Waals surface area contributed by atoms with Crippen molar-refractivity contribution in [2.24, 2.45) is 10.2 Å². The number of ether oxygens (including phenoxy) is 2. The molecule has 0 heterocycles. The highest BCUT2D eigenvalue weighted by Crippen LogP contribution is 2.24. The average molecular weight is 296 g/mol. The van der Waals surface area contributed by atoms with Gasteiger partial charge in [0.25, 0.3) is 5.53 Å². The number of nitrogens with zero attached hydrogens (tertiary/aromatic N) is 2. The largest absolute Gasteiger partial charge is 0.507 e. The topological polar surface area (TPSA) is 63.4 Å². The van der Waals surface area contributed by atoms with Gasteiger partial charge in [0.1, 0.15) is 16.0 Å². The first kappa shape index (κ1) is 16.8. The van der Waals surface area contributed by atoms with Crippen LogP contribution in [0.5, 0.6) is 5.75 Å². The SMILES string of the molecule is CCOC([SiH3])(/N=N/Cc1cccc(CC)c1O)OCC. The molecule has 0 spiro atoms. The molecule has 20 heavy (non-hydrogen) atoms. The van der Waals surface area contributed by atoms with Gasteiger partial charge in [-0.1, -0.05) is 25.1 Å². The van der Waals surface area contributed by atoms with E-state index in [1.807, 2.05) is 39.0 Å². The minimum Gasteiger partial charge on any atom is -0.507 e. The first-order valence-electron chi connectivity index (χ1n) is 7.02. The van der Waals surface area contributed by atoms with Crippen molar-refractivity contribution in [3.8, 4) is 5.75 Å². The summed E-state index contributed by atoms with van der Waals surface area (Å²) >= 11 is 0. The molecule has 0 saturated heterocycles. The number of benzene rings is 1. The molecule has 0 amide bonds. The summed E-state index contributed by atoms with van der Waals surface area (Å²) in [5.74, 6) is 0.306. The lowest BCUT2D eigenvalue weighted by Crippen LogP contribution is -2.34. The predicted molar refractivity (Wildman–Crippen MR) is 82.0 cm³/mol. The molecule has 112 valence electrons. The Hall–Kier alpha value is -1.24. The van der Waals surface area contributed by atoms with Gasteiger partial charge in [0.05, 0.1) is 6.54 Å². The van der Waals surface area contributed by atoms with E-state index in [0.29, 0.717) is 35.8 Å². The molecule has 0 bridgehead atoms. The van der Waals surface area contributed by atoms with Gasteiger partial charge >= 0.3 is 0 Å². The summed E-state index contributed by atoms with van der Waals surface area (Å²) in [5, 5.41) is 18.4. The molecule has 1 aromatic carbocycles.